The van der Waals surface area contributed by atoms with Gasteiger partial charge in [-0.15, -0.1) is 0 Å². The average Bonchev–Trinajstić information content (AvgIpc) is 3.40. The van der Waals surface area contributed by atoms with Crippen LogP contribution in [0, 0.1) is 0 Å². The van der Waals surface area contributed by atoms with E-state index in [1.165, 1.54) is 51.4 Å². The molecule has 0 radical (unpaired) electrons. The Morgan fingerprint density at radius 1 is 0.594 bits per heavy atom. The molecule has 2 heterocycles. The molecule has 32 heavy (non-hydrogen) atoms. The molecular formula is C24H44Cl2N4O2. The molecule has 0 aliphatic heterocycles. The highest BCUT2D eigenvalue weighted by molar-refractivity contribution is 4.66. The van der Waals surface area contributed by atoms with Gasteiger partial charge >= 0.3 is 0 Å². The minimum Gasteiger partial charge on any atom is -1.00 e. The third-order valence-electron chi connectivity index (χ3n) is 5.34. The van der Waals surface area contributed by atoms with E-state index in [0.29, 0.717) is 13.5 Å². The van der Waals surface area contributed by atoms with Crippen LogP contribution in [0.4, 0.5) is 0 Å². The highest BCUT2D eigenvalue weighted by Gasteiger charge is 2.05. The van der Waals surface area contributed by atoms with Crippen molar-refractivity contribution in [2.75, 3.05) is 13.2 Å². The number of unbranched alkanes of at least 4 members (excludes halogenated alkanes) is 7. The molecule has 0 saturated heterocycles. The van der Waals surface area contributed by atoms with Crippen LogP contribution in [-0.4, -0.2) is 22.3 Å². The molecule has 0 N–H and O–H groups in total. The van der Waals surface area contributed by atoms with Crippen LogP contribution in [0.15, 0.2) is 37.4 Å². The molecule has 186 valence electrons. The van der Waals surface area contributed by atoms with Gasteiger partial charge in [0.15, 0.2) is 13.5 Å². The van der Waals surface area contributed by atoms with Crippen LogP contribution in [0.3, 0.4) is 0 Å². The van der Waals surface area contributed by atoms with E-state index in [-0.39, 0.29) is 24.8 Å². The van der Waals surface area contributed by atoms with Gasteiger partial charge in [-0.2, -0.15) is 0 Å². The fourth-order valence-corrected chi connectivity index (χ4v) is 3.49. The highest BCUT2D eigenvalue weighted by Crippen LogP contribution is 2.02. The Morgan fingerprint density at radius 3 is 1.44 bits per heavy atom. The minimum atomic E-state index is 0. The second-order valence-electron chi connectivity index (χ2n) is 8.23. The lowest BCUT2D eigenvalue weighted by atomic mass is 10.2. The summed E-state index contributed by atoms with van der Waals surface area (Å²) in [5.74, 6) is 0. The summed E-state index contributed by atoms with van der Waals surface area (Å²) in [5.41, 5.74) is 0. The highest BCUT2D eigenvalue weighted by atomic mass is 35.5. The Balaban J connectivity index is 0.00000480. The lowest BCUT2D eigenvalue weighted by Crippen LogP contribution is -3.00. The molecule has 0 aromatic carbocycles. The number of aryl methyl sites for hydroxylation is 2. The van der Waals surface area contributed by atoms with Crippen LogP contribution in [0.1, 0.15) is 78.1 Å². The lowest BCUT2D eigenvalue weighted by Gasteiger charge is -2.03. The average molecular weight is 492 g/mol. The second-order valence-corrected chi connectivity index (χ2v) is 8.23. The number of hydrogen-bond acceptors (Lipinski definition) is 2. The van der Waals surface area contributed by atoms with Crippen molar-refractivity contribution in [1.29, 1.82) is 0 Å². The van der Waals surface area contributed by atoms with Gasteiger partial charge in [-0.05, 0) is 38.5 Å². The number of aromatic nitrogens is 4. The molecule has 0 aliphatic rings. The molecule has 0 spiro atoms. The lowest BCUT2D eigenvalue weighted by molar-refractivity contribution is -0.733. The summed E-state index contributed by atoms with van der Waals surface area (Å²) in [6, 6.07) is 0. The Kier molecular flexibility index (Phi) is 19.8. The van der Waals surface area contributed by atoms with Crippen LogP contribution in [0.25, 0.3) is 0 Å². The summed E-state index contributed by atoms with van der Waals surface area (Å²) in [6.07, 6.45) is 25.2. The first-order valence-corrected chi connectivity index (χ1v) is 12.1. The van der Waals surface area contributed by atoms with Gasteiger partial charge in [-0.3, -0.25) is 0 Å². The first kappa shape index (κ1) is 30.9. The van der Waals surface area contributed by atoms with E-state index in [1.54, 1.807) is 0 Å². The monoisotopic (exact) mass is 490 g/mol. The molecule has 0 fully saturated rings. The number of imidazole rings is 2. The maximum atomic E-state index is 5.78. The maximum absolute atomic E-state index is 5.78. The maximum Gasteiger partial charge on any atom is 0.245 e. The van der Waals surface area contributed by atoms with Crippen LogP contribution < -0.4 is 33.9 Å². The van der Waals surface area contributed by atoms with Gasteiger partial charge in [0, 0.05) is 0 Å². The summed E-state index contributed by atoms with van der Waals surface area (Å²) in [6.45, 7) is 9.52. The van der Waals surface area contributed by atoms with E-state index in [0.717, 1.165) is 39.1 Å². The normalized spacial score (nSPS) is 10.7. The smallest absolute Gasteiger partial charge is 0.245 e. The van der Waals surface area contributed by atoms with Crippen LogP contribution in [0.2, 0.25) is 0 Å². The molecule has 0 saturated carbocycles. The van der Waals surface area contributed by atoms with Crippen molar-refractivity contribution in [3.8, 4) is 0 Å². The Morgan fingerprint density at radius 2 is 1.03 bits per heavy atom. The van der Waals surface area contributed by atoms with Gasteiger partial charge in [0.1, 0.15) is 24.8 Å². The van der Waals surface area contributed by atoms with Gasteiger partial charge in [-0.25, -0.2) is 18.3 Å². The molecule has 2 rings (SSSR count). The molecule has 2 aromatic rings. The summed E-state index contributed by atoms with van der Waals surface area (Å²) in [4.78, 5) is 0. The topological polar surface area (TPSA) is 36.1 Å². The second kappa shape index (κ2) is 20.5. The van der Waals surface area contributed by atoms with E-state index in [4.69, 9.17) is 9.47 Å². The number of nitrogens with zero attached hydrogens (tertiary/aromatic N) is 4. The van der Waals surface area contributed by atoms with Crippen LogP contribution in [-0.2, 0) is 36.0 Å². The number of ether oxygens (including phenoxy) is 2. The van der Waals surface area contributed by atoms with E-state index in [9.17, 15) is 0 Å². The summed E-state index contributed by atoms with van der Waals surface area (Å²) in [7, 11) is 0. The summed E-state index contributed by atoms with van der Waals surface area (Å²) >= 11 is 0. The molecule has 0 bridgehead atoms. The third kappa shape index (κ3) is 14.1. The molecule has 8 heteroatoms. The molecule has 6 nitrogen and oxygen atoms in total. The summed E-state index contributed by atoms with van der Waals surface area (Å²) < 4.78 is 20.3. The van der Waals surface area contributed by atoms with Gasteiger partial charge in [-0.1, -0.05) is 39.5 Å². The summed E-state index contributed by atoms with van der Waals surface area (Å²) in [5, 5.41) is 0. The van der Waals surface area contributed by atoms with E-state index in [2.05, 4.69) is 69.6 Å². The van der Waals surface area contributed by atoms with Crippen molar-refractivity contribution in [1.82, 2.24) is 9.13 Å². The quantitative estimate of drug-likeness (QED) is 0.177. The Hall–Kier alpha value is -1.08. The van der Waals surface area contributed by atoms with Gasteiger partial charge in [0.2, 0.25) is 12.7 Å². The van der Waals surface area contributed by atoms with E-state index in [1.807, 2.05) is 0 Å². The predicted octanol–water partition coefficient (Wildman–Crippen LogP) is -1.54. The third-order valence-corrected chi connectivity index (χ3v) is 5.34. The minimum absolute atomic E-state index is 0. The molecule has 0 unspecified atom stereocenters. The SMILES string of the molecule is CCCCCCn1cc[n+](COCCCCOC[n+]2ccn(CCCCCC)c2)c1.[Cl-].[Cl-]. The molecule has 0 atom stereocenters. The van der Waals surface area contributed by atoms with Crippen LogP contribution in [0.5, 0.6) is 0 Å². The number of rotatable bonds is 19. The standard InChI is InChI=1S/C24H44N4O2.2ClH/c1-3-5-7-9-13-25-15-17-27(21-25)23-29-19-11-12-20-30-24-28-18-16-26(22-28)14-10-8-6-4-2;;/h15-18,21-22H,3-14,19-20,23-24H2,1-2H3;2*1H/q+2;;/p-2. The molecule has 2 aromatic heterocycles. The van der Waals surface area contributed by atoms with Crippen LogP contribution >= 0.6 is 0 Å². The number of hydrogen-bond donors (Lipinski definition) is 0. The fourth-order valence-electron chi connectivity index (χ4n) is 3.49. The van der Waals surface area contributed by atoms with Gasteiger partial charge in [0.25, 0.3) is 0 Å². The van der Waals surface area contributed by atoms with Crippen molar-refractivity contribution in [2.45, 2.75) is 105 Å². The molecule has 0 amide bonds. The largest absolute Gasteiger partial charge is 1.00 e. The van der Waals surface area contributed by atoms with Crippen molar-refractivity contribution < 1.29 is 43.4 Å². The zero-order valence-electron chi connectivity index (χ0n) is 20.1. The zero-order valence-corrected chi connectivity index (χ0v) is 21.7. The zero-order chi connectivity index (χ0) is 21.3. The number of halogens is 2. The fraction of sp³-hybridized carbons (Fsp3) is 0.750. The first-order valence-electron chi connectivity index (χ1n) is 12.1. The van der Waals surface area contributed by atoms with Crippen molar-refractivity contribution >= 4 is 0 Å². The first-order chi connectivity index (χ1) is 14.8. The van der Waals surface area contributed by atoms with E-state index < -0.39 is 0 Å². The molecular weight excluding hydrogens is 447 g/mol. The van der Waals surface area contributed by atoms with E-state index >= 15 is 0 Å². The molecule has 0 aliphatic carbocycles. The van der Waals surface area contributed by atoms with Crippen molar-refractivity contribution in [3.63, 3.8) is 0 Å². The van der Waals surface area contributed by atoms with Gasteiger partial charge in [0.05, 0.1) is 26.3 Å². The van der Waals surface area contributed by atoms with Crippen molar-refractivity contribution in [3.05, 3.63) is 37.4 Å². The van der Waals surface area contributed by atoms with Crippen molar-refractivity contribution in [2.24, 2.45) is 0 Å². The van der Waals surface area contributed by atoms with Gasteiger partial charge < -0.3 is 34.3 Å². The Bertz CT molecular complexity index is 608. The Labute approximate surface area is 207 Å². The predicted molar refractivity (Wildman–Crippen MR) is 119 cm³/mol.